The Kier molecular flexibility index (Phi) is 5.96. The minimum absolute atomic E-state index is 0. The molecule has 1 N–H and O–H groups in total. The Labute approximate surface area is 176 Å². The Morgan fingerprint density at radius 2 is 1.47 bits per heavy atom. The van der Waals surface area contributed by atoms with Gasteiger partial charge in [-0.3, -0.25) is 0 Å². The maximum atomic E-state index is 13.1. The van der Waals surface area contributed by atoms with Crippen molar-refractivity contribution in [2.75, 3.05) is 11.9 Å². The third-order valence-electron chi connectivity index (χ3n) is 5.27. The van der Waals surface area contributed by atoms with Crippen LogP contribution in [0.3, 0.4) is 0 Å². The van der Waals surface area contributed by atoms with E-state index in [1.54, 1.807) is 30.3 Å². The zero-order valence-electron chi connectivity index (χ0n) is 17.6. The summed E-state index contributed by atoms with van der Waals surface area (Å²) in [5, 5.41) is 2.22. The average Bonchev–Trinajstić information content (AvgIpc) is 2.91. The average molecular weight is 710 g/mol. The van der Waals surface area contributed by atoms with E-state index >= 15 is 0 Å². The number of halogens is 6. The van der Waals surface area contributed by atoms with Crippen molar-refractivity contribution in [3.8, 4) is 0 Å². The summed E-state index contributed by atoms with van der Waals surface area (Å²) in [5.74, 6) is 0. The van der Waals surface area contributed by atoms with Crippen LogP contribution in [0.2, 0.25) is 0 Å². The molecule has 0 bridgehead atoms. The predicted octanol–water partition coefficient (Wildman–Crippen LogP) is 6.72. The second-order valence-electron chi connectivity index (χ2n) is 8.55. The van der Waals surface area contributed by atoms with Crippen LogP contribution in [0.1, 0.15) is 37.0 Å². The quantitative estimate of drug-likeness (QED) is 0.273. The van der Waals surface area contributed by atoms with Crippen LogP contribution in [0.25, 0.3) is 0 Å². The van der Waals surface area contributed by atoms with Crippen LogP contribution in [0.4, 0.5) is 36.8 Å². The van der Waals surface area contributed by atoms with E-state index < -0.39 is 40.7 Å². The number of urea groups is 1. The van der Waals surface area contributed by atoms with Gasteiger partial charge in [-0.1, -0.05) is 55.3 Å². The maximum Gasteiger partial charge on any atom is 0.416 e. The van der Waals surface area contributed by atoms with Crippen molar-refractivity contribution in [2.24, 2.45) is 5.41 Å². The summed E-state index contributed by atoms with van der Waals surface area (Å²) in [6, 6.07) is 9.06. The van der Waals surface area contributed by atoms with E-state index in [0.717, 1.165) is 5.56 Å². The van der Waals surface area contributed by atoms with Gasteiger partial charge in [0.2, 0.25) is 0 Å². The molecule has 1 fully saturated rings. The Morgan fingerprint density at radius 3 is 1.94 bits per heavy atom. The number of alkyl halides is 6. The predicted molar refractivity (Wildman–Crippen MR) is 104 cm³/mol. The first kappa shape index (κ1) is 24.6. The van der Waals surface area contributed by atoms with Crippen molar-refractivity contribution in [2.45, 2.75) is 38.2 Å². The molecule has 10 heteroatoms. The molecule has 0 saturated carbocycles. The monoisotopic (exact) mass is 710 g/mol. The van der Waals surface area contributed by atoms with E-state index in [-0.39, 0.29) is 18.0 Å². The molecule has 170 valence electrons. The molecule has 0 aromatic heterocycles. The minimum atomic E-state index is -5.00. The summed E-state index contributed by atoms with van der Waals surface area (Å²) in [6.45, 7) is 8.25. The van der Waals surface area contributed by atoms with Gasteiger partial charge in [0, 0.05) is 12.2 Å². The number of amides is 2. The number of anilines is 1. The van der Waals surface area contributed by atoms with Gasteiger partial charge in [-0.25, -0.2) is 4.79 Å². The van der Waals surface area contributed by atoms with Gasteiger partial charge in [-0.05, 0) is 30.0 Å². The van der Waals surface area contributed by atoms with Crippen LogP contribution < -0.4 is 5.32 Å². The van der Waals surface area contributed by atoms with Crippen LogP contribution in [0.5, 0.6) is 0 Å². The van der Waals surface area contributed by atoms with Crippen molar-refractivity contribution in [3.63, 3.8) is 0 Å². The van der Waals surface area contributed by atoms with Crippen LogP contribution >= 0.6 is 0 Å². The summed E-state index contributed by atoms with van der Waals surface area (Å²) >= 11 is 0. The van der Waals surface area contributed by atoms with Crippen LogP contribution in [-0.4, -0.2) is 17.5 Å². The second-order valence-corrected chi connectivity index (χ2v) is 8.55. The van der Waals surface area contributed by atoms with Crippen molar-refractivity contribution in [1.82, 2.24) is 4.90 Å². The molecule has 1 aliphatic heterocycles. The molecule has 2 aromatic rings. The maximum absolute atomic E-state index is 13.1. The first-order valence-electron chi connectivity index (χ1n) is 9.41. The van der Waals surface area contributed by atoms with E-state index in [1.807, 2.05) is 13.8 Å². The molecular weight excluding hydrogens is 689 g/mol. The Hall–Kier alpha value is -3.71. The number of carbonyl (C=O) groups is 1. The van der Waals surface area contributed by atoms with Gasteiger partial charge in [0.05, 0.1) is 11.1 Å². The van der Waals surface area contributed by atoms with Gasteiger partial charge < -0.3 is 17.1 Å². The Bertz CT molecular complexity index is 942. The van der Waals surface area contributed by atoms with Gasteiger partial charge in [-0.15, -0.1) is 0 Å². The Balaban J connectivity index is 0.00000363. The van der Waals surface area contributed by atoms with Gasteiger partial charge in [0.1, 0.15) is 0 Å². The zero-order valence-corrected chi connectivity index (χ0v) is 24.0. The third-order valence-corrected chi connectivity index (χ3v) is 5.27. The molecule has 0 unspecified atom stereocenters. The molecule has 3 nitrogen and oxygen atoms in total. The van der Waals surface area contributed by atoms with Crippen LogP contribution in [-0.2, 0) is 17.9 Å². The largest absolute Gasteiger partial charge is 0.416 e. The fourth-order valence-corrected chi connectivity index (χ4v) is 4.01. The molecule has 1 atom stereocenters. The number of hydrogen-bond donors (Lipinski definition) is 1. The standard InChI is InChI=1S/C22H21F6N2O.Rf/c1-19(2)12-20(3,14-7-5-4-6-8-14)30(13-19)18(31)29-17-10-15(21(23,24)25)9-16(11-17)22(26,27)28;/h4-11H,3,12-13H2,1-2H3,(H,29,31);/q-1;/t20-;/m0./s1. The SMILES string of the molecule is [CH2-][C@@]1(c2ccccc2)CC(C)(C)CN1C(=O)Nc1cc(C(F)(F)F)cc(C(F)(F)F)c1.[Rf]. The van der Waals surface area contributed by atoms with Crippen LogP contribution in [0, 0.1) is 12.3 Å². The van der Waals surface area contributed by atoms with E-state index in [1.165, 1.54) is 4.90 Å². The molecule has 1 aliphatic rings. The Morgan fingerprint density at radius 1 is 0.969 bits per heavy atom. The summed E-state index contributed by atoms with van der Waals surface area (Å²) < 4.78 is 78.7. The molecule has 1 heterocycles. The van der Waals surface area contributed by atoms with Crippen molar-refractivity contribution < 1.29 is 31.1 Å². The number of rotatable bonds is 2. The number of carbonyl (C=O) groups excluding carboxylic acids is 1. The fraction of sp³-hybridized carbons (Fsp3) is 0.364. The van der Waals surface area contributed by atoms with Gasteiger partial charge in [0.25, 0.3) is 0 Å². The number of nitrogens with one attached hydrogen (secondary N) is 1. The first-order chi connectivity index (χ1) is 14.1. The molecule has 32 heavy (non-hydrogen) atoms. The van der Waals surface area contributed by atoms with Crippen molar-refractivity contribution in [1.29, 1.82) is 0 Å². The van der Waals surface area contributed by atoms with Crippen molar-refractivity contribution in [3.05, 3.63) is 72.1 Å². The first-order valence-corrected chi connectivity index (χ1v) is 9.41. The normalized spacial score (nSPS) is 20.6. The molecule has 0 aliphatic carbocycles. The topological polar surface area (TPSA) is 32.3 Å². The third kappa shape index (κ3) is 4.78. The zero-order chi connectivity index (χ0) is 23.2. The number of nitrogens with zero attached hydrogens (tertiary/aromatic N) is 1. The van der Waals surface area contributed by atoms with Crippen LogP contribution in [0.15, 0.2) is 48.5 Å². The summed E-state index contributed by atoms with van der Waals surface area (Å²) in [5.41, 5.74) is -4.25. The molecule has 2 amide bonds. The minimum Gasteiger partial charge on any atom is -0.344 e. The summed E-state index contributed by atoms with van der Waals surface area (Å²) in [7, 11) is 0. The van der Waals surface area contributed by atoms with E-state index in [4.69, 9.17) is 0 Å². The smallest absolute Gasteiger partial charge is 0.344 e. The van der Waals surface area contributed by atoms with E-state index in [0.29, 0.717) is 18.6 Å². The number of likely N-dealkylation sites (tertiary alicyclic amines) is 1. The van der Waals surface area contributed by atoms with E-state index in [2.05, 4.69) is 12.2 Å². The summed E-state index contributed by atoms with van der Waals surface area (Å²) in [6.07, 6.45) is -9.54. The van der Waals surface area contributed by atoms with Crippen molar-refractivity contribution >= 4 is 11.7 Å². The molecule has 0 spiro atoms. The molecule has 3 rings (SSSR count). The van der Waals surface area contributed by atoms with Gasteiger partial charge in [0.15, 0.2) is 0 Å². The molecular formula is C22H21F6N2ORf-. The fourth-order valence-electron chi connectivity index (χ4n) is 4.01. The number of hydrogen-bond acceptors (Lipinski definition) is 1. The molecule has 1 saturated heterocycles. The molecule has 2 aromatic carbocycles. The number of benzene rings is 2. The van der Waals surface area contributed by atoms with E-state index in [9.17, 15) is 31.1 Å². The second kappa shape index (κ2) is 7.76. The van der Waals surface area contributed by atoms with Gasteiger partial charge >= 0.3 is 18.4 Å². The summed E-state index contributed by atoms with van der Waals surface area (Å²) in [4.78, 5) is 14.4. The van der Waals surface area contributed by atoms with Gasteiger partial charge in [-0.2, -0.15) is 26.3 Å². The molecule has 0 radical (unpaired) electrons.